The van der Waals surface area contributed by atoms with Gasteiger partial charge in [-0.05, 0) is 18.2 Å². The maximum Gasteiger partial charge on any atom is 0.0872 e. The Morgan fingerprint density at radius 2 is 2.40 bits per heavy atom. The summed E-state index contributed by atoms with van der Waals surface area (Å²) >= 11 is 3.48. The number of hydrogen-bond donors (Lipinski definition) is 1. The van der Waals surface area contributed by atoms with Gasteiger partial charge in [-0.2, -0.15) is 0 Å². The summed E-state index contributed by atoms with van der Waals surface area (Å²) in [5.41, 5.74) is 6.84. The van der Waals surface area contributed by atoms with Gasteiger partial charge in [0.2, 0.25) is 0 Å². The van der Waals surface area contributed by atoms with E-state index in [1.165, 1.54) is 5.69 Å². The van der Waals surface area contributed by atoms with E-state index in [4.69, 9.17) is 10.5 Å². The van der Waals surface area contributed by atoms with Crippen molar-refractivity contribution >= 4 is 21.6 Å². The molecule has 82 valence electrons. The van der Waals surface area contributed by atoms with E-state index in [2.05, 4.69) is 33.0 Å². The quantitative estimate of drug-likeness (QED) is 0.888. The molecular formula is C11H15BrN2O. The van der Waals surface area contributed by atoms with Crippen molar-refractivity contribution in [3.63, 3.8) is 0 Å². The van der Waals surface area contributed by atoms with E-state index < -0.39 is 0 Å². The molecule has 1 saturated heterocycles. The van der Waals surface area contributed by atoms with E-state index in [1.807, 2.05) is 12.1 Å². The number of nitrogens with two attached hydrogens (primary N) is 1. The molecule has 15 heavy (non-hydrogen) atoms. The summed E-state index contributed by atoms with van der Waals surface area (Å²) in [7, 11) is 0. The zero-order valence-corrected chi connectivity index (χ0v) is 10.1. The summed E-state index contributed by atoms with van der Waals surface area (Å²) in [5.74, 6) is 0. The SMILES string of the molecule is NCC1CN(c2cccc(Br)c2)CCO1. The van der Waals surface area contributed by atoms with E-state index in [0.717, 1.165) is 24.2 Å². The second kappa shape index (κ2) is 4.96. The van der Waals surface area contributed by atoms with E-state index in [0.29, 0.717) is 6.54 Å². The van der Waals surface area contributed by atoms with Crippen LogP contribution in [-0.4, -0.2) is 32.3 Å². The molecule has 1 aliphatic heterocycles. The number of ether oxygens (including phenoxy) is 1. The molecular weight excluding hydrogens is 256 g/mol. The lowest BCUT2D eigenvalue weighted by molar-refractivity contribution is 0.0466. The third-order valence-electron chi connectivity index (χ3n) is 2.58. The van der Waals surface area contributed by atoms with Crippen LogP contribution in [0.5, 0.6) is 0 Å². The van der Waals surface area contributed by atoms with Crippen LogP contribution < -0.4 is 10.6 Å². The predicted molar refractivity (Wildman–Crippen MR) is 65.1 cm³/mol. The molecule has 0 aliphatic carbocycles. The second-order valence-electron chi connectivity index (χ2n) is 3.65. The smallest absolute Gasteiger partial charge is 0.0872 e. The Bertz CT molecular complexity index is 332. The van der Waals surface area contributed by atoms with Crippen LogP contribution in [0, 0.1) is 0 Å². The van der Waals surface area contributed by atoms with Gasteiger partial charge in [0.15, 0.2) is 0 Å². The largest absolute Gasteiger partial charge is 0.373 e. The van der Waals surface area contributed by atoms with Crippen LogP contribution in [0.2, 0.25) is 0 Å². The summed E-state index contributed by atoms with van der Waals surface area (Å²) in [5, 5.41) is 0. The molecule has 0 aromatic heterocycles. The number of morpholine rings is 1. The first-order valence-electron chi connectivity index (χ1n) is 5.12. The zero-order chi connectivity index (χ0) is 10.7. The monoisotopic (exact) mass is 270 g/mol. The summed E-state index contributed by atoms with van der Waals surface area (Å²) in [6.07, 6.45) is 0.165. The van der Waals surface area contributed by atoms with Gasteiger partial charge < -0.3 is 15.4 Å². The lowest BCUT2D eigenvalue weighted by atomic mass is 10.2. The number of halogens is 1. The molecule has 0 radical (unpaired) electrons. The second-order valence-corrected chi connectivity index (χ2v) is 4.57. The van der Waals surface area contributed by atoms with Crippen molar-refractivity contribution in [1.29, 1.82) is 0 Å². The lowest BCUT2D eigenvalue weighted by Crippen LogP contribution is -2.45. The van der Waals surface area contributed by atoms with E-state index in [9.17, 15) is 0 Å². The Labute approximate surface area is 98.3 Å². The van der Waals surface area contributed by atoms with E-state index in [1.54, 1.807) is 0 Å². The first-order chi connectivity index (χ1) is 7.29. The first-order valence-corrected chi connectivity index (χ1v) is 5.91. The summed E-state index contributed by atoms with van der Waals surface area (Å²) < 4.78 is 6.64. The zero-order valence-electron chi connectivity index (χ0n) is 8.53. The van der Waals surface area contributed by atoms with Gasteiger partial charge in [-0.1, -0.05) is 22.0 Å². The van der Waals surface area contributed by atoms with Crippen molar-refractivity contribution in [2.45, 2.75) is 6.10 Å². The Hall–Kier alpha value is -0.580. The number of benzene rings is 1. The minimum absolute atomic E-state index is 0.165. The molecule has 0 spiro atoms. The highest BCUT2D eigenvalue weighted by atomic mass is 79.9. The van der Waals surface area contributed by atoms with Crippen LogP contribution in [0.25, 0.3) is 0 Å². The molecule has 2 N–H and O–H groups in total. The molecule has 3 nitrogen and oxygen atoms in total. The molecule has 0 saturated carbocycles. The van der Waals surface area contributed by atoms with E-state index >= 15 is 0 Å². The third-order valence-corrected chi connectivity index (χ3v) is 3.07. The fourth-order valence-corrected chi connectivity index (χ4v) is 2.16. The molecule has 1 atom stereocenters. The van der Waals surface area contributed by atoms with Gasteiger partial charge in [0, 0.05) is 29.8 Å². The van der Waals surface area contributed by atoms with Crippen molar-refractivity contribution < 1.29 is 4.74 Å². The van der Waals surface area contributed by atoms with Gasteiger partial charge in [0.05, 0.1) is 12.7 Å². The molecule has 0 bridgehead atoms. The Balaban J connectivity index is 2.09. The van der Waals surface area contributed by atoms with Gasteiger partial charge in [0.25, 0.3) is 0 Å². The van der Waals surface area contributed by atoms with Crippen LogP contribution in [0.15, 0.2) is 28.7 Å². The van der Waals surface area contributed by atoms with Crippen LogP contribution in [0.3, 0.4) is 0 Å². The maximum absolute atomic E-state index is 5.61. The maximum atomic E-state index is 5.61. The minimum Gasteiger partial charge on any atom is -0.373 e. The summed E-state index contributed by atoms with van der Waals surface area (Å²) in [4.78, 5) is 2.31. The van der Waals surface area contributed by atoms with Gasteiger partial charge in [-0.25, -0.2) is 0 Å². The van der Waals surface area contributed by atoms with Crippen LogP contribution in [-0.2, 0) is 4.74 Å². The molecule has 1 aliphatic rings. The van der Waals surface area contributed by atoms with Crippen LogP contribution in [0.4, 0.5) is 5.69 Å². The van der Waals surface area contributed by atoms with Crippen molar-refractivity contribution in [3.05, 3.63) is 28.7 Å². The molecule has 1 aromatic rings. The minimum atomic E-state index is 0.165. The topological polar surface area (TPSA) is 38.5 Å². The normalized spacial score (nSPS) is 21.7. The number of rotatable bonds is 2. The number of anilines is 1. The fraction of sp³-hybridized carbons (Fsp3) is 0.455. The van der Waals surface area contributed by atoms with Gasteiger partial charge in [-0.15, -0.1) is 0 Å². The third kappa shape index (κ3) is 2.71. The molecule has 1 fully saturated rings. The first kappa shape index (κ1) is 10.9. The fourth-order valence-electron chi connectivity index (χ4n) is 1.77. The average Bonchev–Trinajstić information content (AvgIpc) is 2.29. The van der Waals surface area contributed by atoms with Crippen molar-refractivity contribution in [3.8, 4) is 0 Å². The summed E-state index contributed by atoms with van der Waals surface area (Å²) in [6.45, 7) is 3.17. The Morgan fingerprint density at radius 1 is 1.53 bits per heavy atom. The summed E-state index contributed by atoms with van der Waals surface area (Å²) in [6, 6.07) is 8.32. The predicted octanol–water partition coefficient (Wildman–Crippen LogP) is 1.61. The van der Waals surface area contributed by atoms with Crippen molar-refractivity contribution in [2.75, 3.05) is 31.1 Å². The lowest BCUT2D eigenvalue weighted by Gasteiger charge is -2.34. The van der Waals surface area contributed by atoms with Crippen molar-refractivity contribution in [1.82, 2.24) is 0 Å². The average molecular weight is 271 g/mol. The number of hydrogen-bond acceptors (Lipinski definition) is 3. The highest BCUT2D eigenvalue weighted by molar-refractivity contribution is 9.10. The Kier molecular flexibility index (Phi) is 3.61. The molecule has 1 heterocycles. The standard InChI is InChI=1S/C11H15BrN2O/c12-9-2-1-3-10(6-9)14-4-5-15-11(7-13)8-14/h1-3,6,11H,4-5,7-8,13H2. The van der Waals surface area contributed by atoms with E-state index in [-0.39, 0.29) is 6.10 Å². The molecule has 1 aromatic carbocycles. The highest BCUT2D eigenvalue weighted by Crippen LogP contribution is 2.21. The van der Waals surface area contributed by atoms with Gasteiger partial charge in [0.1, 0.15) is 0 Å². The number of nitrogens with zero attached hydrogens (tertiary/aromatic N) is 1. The molecule has 2 rings (SSSR count). The Morgan fingerprint density at radius 3 is 3.13 bits per heavy atom. The highest BCUT2D eigenvalue weighted by Gasteiger charge is 2.19. The molecule has 4 heteroatoms. The van der Waals surface area contributed by atoms with Crippen molar-refractivity contribution in [2.24, 2.45) is 5.73 Å². The molecule has 0 amide bonds. The van der Waals surface area contributed by atoms with Crippen LogP contribution >= 0.6 is 15.9 Å². The van der Waals surface area contributed by atoms with Crippen LogP contribution in [0.1, 0.15) is 0 Å². The molecule has 1 unspecified atom stereocenters. The van der Waals surface area contributed by atoms with Gasteiger partial charge >= 0.3 is 0 Å². The van der Waals surface area contributed by atoms with Gasteiger partial charge in [-0.3, -0.25) is 0 Å².